The molecule has 1 aromatic rings. The van der Waals surface area contributed by atoms with Crippen LogP contribution in [0.5, 0.6) is 0 Å². The van der Waals surface area contributed by atoms with Gasteiger partial charge in [0, 0.05) is 17.8 Å². The molecule has 1 aromatic heterocycles. The zero-order chi connectivity index (χ0) is 8.27. The van der Waals surface area contributed by atoms with Crippen LogP contribution in [0.15, 0.2) is 18.3 Å². The molecule has 1 heteroatoms. The Hall–Kier alpha value is -1.29. The minimum absolute atomic E-state index is 0.191. The van der Waals surface area contributed by atoms with Crippen molar-refractivity contribution < 1.29 is 0 Å². The second kappa shape index (κ2) is 3.21. The van der Waals surface area contributed by atoms with Crippen molar-refractivity contribution in [1.29, 1.82) is 0 Å². The van der Waals surface area contributed by atoms with E-state index in [1.807, 2.05) is 26.0 Å². The Morgan fingerprint density at radius 2 is 2.36 bits per heavy atom. The van der Waals surface area contributed by atoms with Crippen molar-refractivity contribution in [2.24, 2.45) is 0 Å². The maximum atomic E-state index is 5.28. The topological polar surface area (TPSA) is 12.9 Å². The molecule has 11 heavy (non-hydrogen) atoms. The number of pyridine rings is 1. The van der Waals surface area contributed by atoms with Gasteiger partial charge in [0.2, 0.25) is 0 Å². The highest BCUT2D eigenvalue weighted by molar-refractivity contribution is 5.25. The van der Waals surface area contributed by atoms with Crippen LogP contribution in [0.3, 0.4) is 0 Å². The first-order valence-corrected chi connectivity index (χ1v) is 3.62. The van der Waals surface area contributed by atoms with Gasteiger partial charge in [0.1, 0.15) is 0 Å². The molecule has 0 radical (unpaired) electrons. The molecule has 56 valence electrons. The number of aromatic nitrogens is 1. The zero-order valence-corrected chi connectivity index (χ0v) is 6.83. The van der Waals surface area contributed by atoms with Crippen molar-refractivity contribution in [3.8, 4) is 12.3 Å². The second-order valence-electron chi connectivity index (χ2n) is 2.62. The van der Waals surface area contributed by atoms with Gasteiger partial charge in [0.25, 0.3) is 0 Å². The predicted octanol–water partition coefficient (Wildman–Crippen LogP) is 2.13. The Labute approximate surface area is 67.5 Å². The standard InChI is InChI=1S/C10H11N/c1-4-8(2)10-5-6-11-9(3)7-10/h1,5-8H,2-3H3. The van der Waals surface area contributed by atoms with Gasteiger partial charge >= 0.3 is 0 Å². The maximum absolute atomic E-state index is 5.28. The van der Waals surface area contributed by atoms with E-state index in [9.17, 15) is 0 Å². The van der Waals surface area contributed by atoms with Gasteiger partial charge in [-0.25, -0.2) is 0 Å². The van der Waals surface area contributed by atoms with E-state index >= 15 is 0 Å². The van der Waals surface area contributed by atoms with Crippen molar-refractivity contribution in [2.45, 2.75) is 19.8 Å². The molecule has 1 nitrogen and oxygen atoms in total. The van der Waals surface area contributed by atoms with E-state index in [2.05, 4.69) is 10.9 Å². The lowest BCUT2D eigenvalue weighted by atomic mass is 10.0. The van der Waals surface area contributed by atoms with Crippen LogP contribution in [-0.2, 0) is 0 Å². The molecule has 0 saturated carbocycles. The van der Waals surface area contributed by atoms with Crippen molar-refractivity contribution in [3.63, 3.8) is 0 Å². The Bertz CT molecular complexity index is 283. The van der Waals surface area contributed by atoms with Crippen LogP contribution in [0.25, 0.3) is 0 Å². The fourth-order valence-corrected chi connectivity index (χ4v) is 0.933. The molecule has 0 bridgehead atoms. The largest absolute Gasteiger partial charge is 0.262 e. The number of hydrogen-bond donors (Lipinski definition) is 0. The molecule has 0 saturated heterocycles. The highest BCUT2D eigenvalue weighted by Crippen LogP contribution is 2.13. The molecule has 1 heterocycles. The molecule has 0 aromatic carbocycles. The quantitative estimate of drug-likeness (QED) is 0.552. The fourth-order valence-electron chi connectivity index (χ4n) is 0.933. The number of rotatable bonds is 1. The Morgan fingerprint density at radius 1 is 1.64 bits per heavy atom. The first kappa shape index (κ1) is 7.81. The summed E-state index contributed by atoms with van der Waals surface area (Å²) in [5, 5.41) is 0. The monoisotopic (exact) mass is 145 g/mol. The number of hydrogen-bond acceptors (Lipinski definition) is 1. The summed E-state index contributed by atoms with van der Waals surface area (Å²) in [6.07, 6.45) is 7.07. The van der Waals surface area contributed by atoms with Gasteiger partial charge in [-0.1, -0.05) is 5.92 Å². The van der Waals surface area contributed by atoms with Gasteiger partial charge in [0.05, 0.1) is 0 Å². The minimum atomic E-state index is 0.191. The summed E-state index contributed by atoms with van der Waals surface area (Å²) in [4.78, 5) is 4.09. The summed E-state index contributed by atoms with van der Waals surface area (Å²) in [6.45, 7) is 3.97. The van der Waals surface area contributed by atoms with Gasteiger partial charge in [-0.2, -0.15) is 0 Å². The highest BCUT2D eigenvalue weighted by Gasteiger charge is 1.99. The third-order valence-corrected chi connectivity index (χ3v) is 1.67. The minimum Gasteiger partial charge on any atom is -0.262 e. The van der Waals surface area contributed by atoms with Gasteiger partial charge in [-0.3, -0.25) is 4.98 Å². The Morgan fingerprint density at radius 3 is 2.91 bits per heavy atom. The smallest absolute Gasteiger partial charge is 0.0422 e. The third-order valence-electron chi connectivity index (χ3n) is 1.67. The van der Waals surface area contributed by atoms with Crippen molar-refractivity contribution in [1.82, 2.24) is 4.98 Å². The lowest BCUT2D eigenvalue weighted by Gasteiger charge is -2.03. The summed E-state index contributed by atoms with van der Waals surface area (Å²) in [6, 6.07) is 3.97. The van der Waals surface area contributed by atoms with E-state index in [0.29, 0.717) is 0 Å². The van der Waals surface area contributed by atoms with E-state index < -0.39 is 0 Å². The van der Waals surface area contributed by atoms with Crippen LogP contribution < -0.4 is 0 Å². The summed E-state index contributed by atoms with van der Waals surface area (Å²) < 4.78 is 0. The average molecular weight is 145 g/mol. The first-order chi connectivity index (χ1) is 5.24. The number of nitrogens with zero attached hydrogens (tertiary/aromatic N) is 1. The van der Waals surface area contributed by atoms with Gasteiger partial charge in [0.15, 0.2) is 0 Å². The molecular weight excluding hydrogens is 134 g/mol. The molecule has 1 unspecified atom stereocenters. The van der Waals surface area contributed by atoms with E-state index in [0.717, 1.165) is 5.69 Å². The van der Waals surface area contributed by atoms with Crippen molar-refractivity contribution >= 4 is 0 Å². The van der Waals surface area contributed by atoms with Gasteiger partial charge < -0.3 is 0 Å². The van der Waals surface area contributed by atoms with E-state index in [-0.39, 0.29) is 5.92 Å². The number of aryl methyl sites for hydroxylation is 1. The van der Waals surface area contributed by atoms with Crippen molar-refractivity contribution in [2.75, 3.05) is 0 Å². The molecule has 0 aliphatic heterocycles. The summed E-state index contributed by atoms with van der Waals surface area (Å²) in [7, 11) is 0. The van der Waals surface area contributed by atoms with E-state index in [1.54, 1.807) is 6.20 Å². The molecule has 0 aliphatic carbocycles. The Balaban J connectivity index is 2.98. The van der Waals surface area contributed by atoms with Crippen molar-refractivity contribution in [3.05, 3.63) is 29.6 Å². The van der Waals surface area contributed by atoms with Crippen LogP contribution in [0.2, 0.25) is 0 Å². The molecule has 1 atom stereocenters. The van der Waals surface area contributed by atoms with Crippen LogP contribution in [-0.4, -0.2) is 4.98 Å². The molecular formula is C10H11N. The van der Waals surface area contributed by atoms with Crippen LogP contribution in [0.4, 0.5) is 0 Å². The fraction of sp³-hybridized carbons (Fsp3) is 0.300. The van der Waals surface area contributed by atoms with E-state index in [1.165, 1.54) is 5.56 Å². The van der Waals surface area contributed by atoms with Gasteiger partial charge in [-0.15, -0.1) is 6.42 Å². The average Bonchev–Trinajstić information content (AvgIpc) is 2.03. The second-order valence-corrected chi connectivity index (χ2v) is 2.62. The Kier molecular flexibility index (Phi) is 2.28. The summed E-state index contributed by atoms with van der Waals surface area (Å²) >= 11 is 0. The lowest BCUT2D eigenvalue weighted by Crippen LogP contribution is -1.90. The first-order valence-electron chi connectivity index (χ1n) is 3.62. The van der Waals surface area contributed by atoms with Crippen LogP contribution in [0, 0.1) is 19.3 Å². The summed E-state index contributed by atoms with van der Waals surface area (Å²) in [5.74, 6) is 2.87. The molecule has 0 N–H and O–H groups in total. The normalized spacial score (nSPS) is 12.1. The lowest BCUT2D eigenvalue weighted by molar-refractivity contribution is 0.987. The van der Waals surface area contributed by atoms with Crippen LogP contribution >= 0.6 is 0 Å². The zero-order valence-electron chi connectivity index (χ0n) is 6.83. The summed E-state index contributed by atoms with van der Waals surface area (Å²) in [5.41, 5.74) is 2.18. The molecule has 0 aliphatic rings. The van der Waals surface area contributed by atoms with Crippen LogP contribution in [0.1, 0.15) is 24.1 Å². The molecule has 0 amide bonds. The highest BCUT2D eigenvalue weighted by atomic mass is 14.6. The molecule has 1 rings (SSSR count). The SMILES string of the molecule is C#CC(C)c1ccnc(C)c1. The van der Waals surface area contributed by atoms with Gasteiger partial charge in [-0.05, 0) is 31.5 Å². The predicted molar refractivity (Wildman–Crippen MR) is 46.2 cm³/mol. The van der Waals surface area contributed by atoms with E-state index in [4.69, 9.17) is 6.42 Å². The maximum Gasteiger partial charge on any atom is 0.0422 e. The third kappa shape index (κ3) is 1.81. The molecule has 0 spiro atoms. The number of terminal acetylenes is 1. The molecule has 0 fully saturated rings.